The van der Waals surface area contributed by atoms with Gasteiger partial charge in [0.25, 0.3) is 0 Å². The molecule has 0 radical (unpaired) electrons. The first-order valence-corrected chi connectivity index (χ1v) is 6.28. The van der Waals surface area contributed by atoms with Gasteiger partial charge in [0.1, 0.15) is 6.10 Å². The Morgan fingerprint density at radius 3 is 2.94 bits per heavy atom. The zero-order valence-electron chi connectivity index (χ0n) is 9.50. The van der Waals surface area contributed by atoms with E-state index in [1.807, 2.05) is 22.1 Å². The molecule has 0 saturated heterocycles. The maximum absolute atomic E-state index is 10.2. The highest BCUT2D eigenvalue weighted by Crippen LogP contribution is 2.22. The summed E-state index contributed by atoms with van der Waals surface area (Å²) in [5.74, 6) is 0. The van der Waals surface area contributed by atoms with E-state index in [9.17, 15) is 5.11 Å². The SMILES string of the molecule is CC(C)n1cncc1C(O)Cc1cccs1. The Morgan fingerprint density at radius 1 is 1.50 bits per heavy atom. The Balaban J connectivity index is 2.14. The molecule has 0 aliphatic carbocycles. The molecule has 0 fully saturated rings. The van der Waals surface area contributed by atoms with Crippen molar-refractivity contribution in [2.45, 2.75) is 32.4 Å². The average molecular weight is 236 g/mol. The van der Waals surface area contributed by atoms with E-state index >= 15 is 0 Å². The molecule has 1 unspecified atom stereocenters. The lowest BCUT2D eigenvalue weighted by Crippen LogP contribution is -2.10. The molecule has 0 aliphatic rings. The van der Waals surface area contributed by atoms with Gasteiger partial charge in [-0.3, -0.25) is 0 Å². The van der Waals surface area contributed by atoms with Crippen molar-refractivity contribution >= 4 is 11.3 Å². The van der Waals surface area contributed by atoms with E-state index in [1.54, 1.807) is 23.9 Å². The molecule has 16 heavy (non-hydrogen) atoms. The van der Waals surface area contributed by atoms with E-state index in [2.05, 4.69) is 18.8 Å². The number of aliphatic hydroxyl groups is 1. The average Bonchev–Trinajstić information content (AvgIpc) is 2.86. The highest BCUT2D eigenvalue weighted by molar-refractivity contribution is 7.09. The standard InChI is InChI=1S/C12H16N2OS/c1-9(2)14-8-13-7-11(14)12(15)6-10-4-3-5-16-10/h3-5,7-9,12,15H,6H2,1-2H3. The van der Waals surface area contributed by atoms with Crippen molar-refractivity contribution < 1.29 is 5.11 Å². The third-order valence-corrected chi connectivity index (χ3v) is 3.47. The number of thiophene rings is 1. The highest BCUT2D eigenvalue weighted by atomic mass is 32.1. The van der Waals surface area contributed by atoms with Crippen LogP contribution in [0, 0.1) is 0 Å². The number of hydrogen-bond donors (Lipinski definition) is 1. The molecule has 2 aromatic heterocycles. The molecule has 4 heteroatoms. The Kier molecular flexibility index (Phi) is 3.41. The van der Waals surface area contributed by atoms with Gasteiger partial charge < -0.3 is 9.67 Å². The van der Waals surface area contributed by atoms with Crippen molar-refractivity contribution in [1.82, 2.24) is 9.55 Å². The van der Waals surface area contributed by atoms with Gasteiger partial charge in [-0.05, 0) is 25.3 Å². The molecule has 2 heterocycles. The summed E-state index contributed by atoms with van der Waals surface area (Å²) in [6.07, 6.45) is 3.72. The molecule has 0 spiro atoms. The van der Waals surface area contributed by atoms with Crippen LogP contribution in [0.15, 0.2) is 30.0 Å². The van der Waals surface area contributed by atoms with Gasteiger partial charge in [0, 0.05) is 17.3 Å². The maximum Gasteiger partial charge on any atom is 0.100 e. The van der Waals surface area contributed by atoms with Crippen LogP contribution in [0.5, 0.6) is 0 Å². The highest BCUT2D eigenvalue weighted by Gasteiger charge is 2.15. The van der Waals surface area contributed by atoms with Gasteiger partial charge in [0.05, 0.1) is 18.2 Å². The molecule has 1 N–H and O–H groups in total. The number of aromatic nitrogens is 2. The monoisotopic (exact) mass is 236 g/mol. The smallest absolute Gasteiger partial charge is 0.100 e. The number of rotatable bonds is 4. The second-order valence-corrected chi connectivity index (χ2v) is 5.15. The van der Waals surface area contributed by atoms with Crippen molar-refractivity contribution in [1.29, 1.82) is 0 Å². The molecule has 0 amide bonds. The van der Waals surface area contributed by atoms with Crippen LogP contribution >= 0.6 is 11.3 Å². The molecule has 0 aromatic carbocycles. The summed E-state index contributed by atoms with van der Waals surface area (Å²) in [6, 6.07) is 4.38. The van der Waals surface area contributed by atoms with Gasteiger partial charge in [-0.15, -0.1) is 11.3 Å². The van der Waals surface area contributed by atoms with Crippen molar-refractivity contribution in [3.8, 4) is 0 Å². The molecule has 1 atom stereocenters. The zero-order valence-corrected chi connectivity index (χ0v) is 10.3. The Hall–Kier alpha value is -1.13. The molecule has 86 valence electrons. The maximum atomic E-state index is 10.2. The number of aliphatic hydroxyl groups excluding tert-OH is 1. The van der Waals surface area contributed by atoms with Crippen molar-refractivity contribution in [3.05, 3.63) is 40.6 Å². The number of imidazole rings is 1. The van der Waals surface area contributed by atoms with Crippen LogP contribution < -0.4 is 0 Å². The van der Waals surface area contributed by atoms with Crippen LogP contribution in [0.4, 0.5) is 0 Å². The van der Waals surface area contributed by atoms with Crippen LogP contribution in [-0.4, -0.2) is 14.7 Å². The van der Waals surface area contributed by atoms with E-state index < -0.39 is 6.10 Å². The van der Waals surface area contributed by atoms with Gasteiger partial charge in [-0.1, -0.05) is 6.07 Å². The van der Waals surface area contributed by atoms with Gasteiger partial charge in [0.2, 0.25) is 0 Å². The predicted octanol–water partition coefficient (Wildman–Crippen LogP) is 2.80. The summed E-state index contributed by atoms with van der Waals surface area (Å²) < 4.78 is 2.01. The normalized spacial score (nSPS) is 13.2. The molecular formula is C12H16N2OS. The van der Waals surface area contributed by atoms with Gasteiger partial charge in [0.15, 0.2) is 0 Å². The molecule has 0 bridgehead atoms. The first kappa shape index (κ1) is 11.4. The van der Waals surface area contributed by atoms with Gasteiger partial charge in [-0.2, -0.15) is 0 Å². The van der Waals surface area contributed by atoms with Gasteiger partial charge in [-0.25, -0.2) is 4.98 Å². The molecule has 2 rings (SSSR count). The Bertz CT molecular complexity index is 434. The lowest BCUT2D eigenvalue weighted by atomic mass is 10.1. The molecule has 3 nitrogen and oxygen atoms in total. The minimum Gasteiger partial charge on any atom is -0.386 e. The molecular weight excluding hydrogens is 220 g/mol. The second-order valence-electron chi connectivity index (χ2n) is 4.12. The first-order valence-electron chi connectivity index (χ1n) is 5.40. The largest absolute Gasteiger partial charge is 0.386 e. The Morgan fingerprint density at radius 2 is 2.31 bits per heavy atom. The third kappa shape index (κ3) is 2.33. The van der Waals surface area contributed by atoms with Gasteiger partial charge >= 0.3 is 0 Å². The van der Waals surface area contributed by atoms with E-state index in [1.165, 1.54) is 4.88 Å². The summed E-state index contributed by atoms with van der Waals surface area (Å²) in [4.78, 5) is 5.30. The van der Waals surface area contributed by atoms with Crippen LogP contribution in [0.2, 0.25) is 0 Å². The fraction of sp³-hybridized carbons (Fsp3) is 0.417. The summed E-state index contributed by atoms with van der Waals surface area (Å²) in [5, 5.41) is 12.2. The number of nitrogens with zero attached hydrogens (tertiary/aromatic N) is 2. The van der Waals surface area contributed by atoms with Crippen LogP contribution in [-0.2, 0) is 6.42 Å². The van der Waals surface area contributed by atoms with Crippen LogP contribution in [0.3, 0.4) is 0 Å². The van der Waals surface area contributed by atoms with Crippen LogP contribution in [0.1, 0.15) is 36.6 Å². The quantitative estimate of drug-likeness (QED) is 0.886. The topological polar surface area (TPSA) is 38.0 Å². The van der Waals surface area contributed by atoms with E-state index in [0.717, 1.165) is 5.69 Å². The lowest BCUT2D eigenvalue weighted by Gasteiger charge is -2.15. The molecule has 2 aromatic rings. The predicted molar refractivity (Wildman–Crippen MR) is 65.6 cm³/mol. The second kappa shape index (κ2) is 4.80. The van der Waals surface area contributed by atoms with Crippen molar-refractivity contribution in [3.63, 3.8) is 0 Å². The lowest BCUT2D eigenvalue weighted by molar-refractivity contribution is 0.168. The fourth-order valence-corrected chi connectivity index (χ4v) is 2.47. The summed E-state index contributed by atoms with van der Waals surface area (Å²) in [5.41, 5.74) is 0.892. The zero-order chi connectivity index (χ0) is 11.5. The van der Waals surface area contributed by atoms with Crippen LogP contribution in [0.25, 0.3) is 0 Å². The molecule has 0 saturated carbocycles. The summed E-state index contributed by atoms with van der Waals surface area (Å²) in [6.45, 7) is 4.17. The van der Waals surface area contributed by atoms with E-state index in [4.69, 9.17) is 0 Å². The van der Waals surface area contributed by atoms with E-state index in [0.29, 0.717) is 12.5 Å². The summed E-state index contributed by atoms with van der Waals surface area (Å²) >= 11 is 1.67. The van der Waals surface area contributed by atoms with Crippen molar-refractivity contribution in [2.75, 3.05) is 0 Å². The minimum atomic E-state index is -0.469. The molecule has 0 aliphatic heterocycles. The Labute approximate surface area is 99.4 Å². The number of hydrogen-bond acceptors (Lipinski definition) is 3. The van der Waals surface area contributed by atoms with E-state index in [-0.39, 0.29) is 0 Å². The minimum absolute atomic E-state index is 0.329. The third-order valence-electron chi connectivity index (χ3n) is 2.57. The first-order chi connectivity index (χ1) is 7.68. The van der Waals surface area contributed by atoms with Crippen molar-refractivity contribution in [2.24, 2.45) is 0 Å². The fourth-order valence-electron chi connectivity index (χ4n) is 1.73. The summed E-state index contributed by atoms with van der Waals surface area (Å²) in [7, 11) is 0.